The van der Waals surface area contributed by atoms with Crippen molar-refractivity contribution in [1.82, 2.24) is 10.2 Å². The molecule has 1 fully saturated rings. The fourth-order valence-corrected chi connectivity index (χ4v) is 2.32. The summed E-state index contributed by atoms with van der Waals surface area (Å²) in [5, 5.41) is 3.00. The van der Waals surface area contributed by atoms with Crippen LogP contribution in [0.2, 0.25) is 0 Å². The van der Waals surface area contributed by atoms with Crippen LogP contribution in [-0.2, 0) is 6.42 Å². The van der Waals surface area contributed by atoms with Crippen molar-refractivity contribution in [3.05, 3.63) is 35.4 Å². The van der Waals surface area contributed by atoms with E-state index in [1.165, 1.54) is 11.1 Å². The Bertz CT molecular complexity index is 391. The summed E-state index contributed by atoms with van der Waals surface area (Å²) in [6.45, 7) is 3.59. The van der Waals surface area contributed by atoms with E-state index >= 15 is 0 Å². The molecule has 2 amide bonds. The Morgan fingerprint density at radius 2 is 2.12 bits per heavy atom. The number of rotatable bonds is 4. The van der Waals surface area contributed by atoms with Crippen LogP contribution in [-0.4, -0.2) is 29.8 Å². The highest BCUT2D eigenvalue weighted by atomic mass is 32.1. The van der Waals surface area contributed by atoms with Gasteiger partial charge in [0, 0.05) is 18.8 Å². The molecule has 1 heterocycles. The summed E-state index contributed by atoms with van der Waals surface area (Å²) in [6, 6.07) is 8.60. The Morgan fingerprint density at radius 1 is 1.41 bits per heavy atom. The Hall–Kier alpha value is -1.16. The van der Waals surface area contributed by atoms with Gasteiger partial charge in [-0.05, 0) is 17.5 Å². The zero-order chi connectivity index (χ0) is 12.3. The van der Waals surface area contributed by atoms with Crippen LogP contribution in [0, 0.1) is 0 Å². The molecular formula is C13H18N2OS. The van der Waals surface area contributed by atoms with Crippen molar-refractivity contribution in [2.24, 2.45) is 0 Å². The number of nitrogens with one attached hydrogen (secondary N) is 1. The number of hydrogen-bond acceptors (Lipinski definition) is 2. The summed E-state index contributed by atoms with van der Waals surface area (Å²) < 4.78 is 0. The molecule has 17 heavy (non-hydrogen) atoms. The second-order valence-electron chi connectivity index (χ2n) is 4.27. The van der Waals surface area contributed by atoms with Gasteiger partial charge in [-0.1, -0.05) is 31.2 Å². The summed E-state index contributed by atoms with van der Waals surface area (Å²) >= 11 is 4.16. The maximum Gasteiger partial charge on any atom is 0.318 e. The number of hydrogen-bond donors (Lipinski definition) is 2. The van der Waals surface area contributed by atoms with Gasteiger partial charge in [0.2, 0.25) is 0 Å². The van der Waals surface area contributed by atoms with E-state index in [4.69, 9.17) is 0 Å². The fourth-order valence-electron chi connectivity index (χ4n) is 2.08. The number of amides is 2. The molecule has 1 aliphatic heterocycles. The minimum Gasteiger partial charge on any atom is -0.329 e. The zero-order valence-corrected chi connectivity index (χ0v) is 10.9. The first-order valence-electron chi connectivity index (χ1n) is 5.99. The van der Waals surface area contributed by atoms with Crippen LogP contribution >= 0.6 is 12.6 Å². The molecule has 1 N–H and O–H groups in total. The molecule has 0 aliphatic carbocycles. The van der Waals surface area contributed by atoms with Crippen LogP contribution < -0.4 is 5.32 Å². The zero-order valence-electron chi connectivity index (χ0n) is 10.0. The van der Waals surface area contributed by atoms with Crippen molar-refractivity contribution in [2.75, 3.05) is 18.8 Å². The Morgan fingerprint density at radius 3 is 2.71 bits per heavy atom. The maximum absolute atomic E-state index is 11.7. The number of nitrogens with zero attached hydrogens (tertiary/aromatic N) is 1. The number of benzene rings is 1. The van der Waals surface area contributed by atoms with E-state index in [0.717, 1.165) is 13.0 Å². The molecule has 0 bridgehead atoms. The van der Waals surface area contributed by atoms with Gasteiger partial charge in [-0.2, -0.15) is 12.6 Å². The summed E-state index contributed by atoms with van der Waals surface area (Å²) in [5.74, 6) is 0.703. The molecule has 1 aromatic rings. The van der Waals surface area contributed by atoms with Gasteiger partial charge in [-0.3, -0.25) is 0 Å². The molecule has 2 rings (SSSR count). The standard InChI is InChI=1S/C13H18N2OS/c1-2-10-3-5-11(6-4-10)12-9-15(7-8-17)13(16)14-12/h3-6,12,17H,2,7-9H2,1H3,(H,14,16). The summed E-state index contributed by atoms with van der Waals surface area (Å²) in [5.41, 5.74) is 2.50. The summed E-state index contributed by atoms with van der Waals surface area (Å²) in [7, 11) is 0. The molecule has 1 atom stereocenters. The molecule has 0 saturated carbocycles. The summed E-state index contributed by atoms with van der Waals surface area (Å²) in [4.78, 5) is 13.5. The third-order valence-corrected chi connectivity index (χ3v) is 3.35. The lowest BCUT2D eigenvalue weighted by atomic mass is 10.0. The lowest BCUT2D eigenvalue weighted by Gasteiger charge is -2.13. The third kappa shape index (κ3) is 2.75. The van der Waals surface area contributed by atoms with Crippen LogP contribution in [0.4, 0.5) is 4.79 Å². The van der Waals surface area contributed by atoms with Gasteiger partial charge in [-0.25, -0.2) is 4.79 Å². The van der Waals surface area contributed by atoms with E-state index < -0.39 is 0 Å². The predicted octanol–water partition coefficient (Wildman–Crippen LogP) is 2.25. The SMILES string of the molecule is CCc1ccc(C2CN(CCS)C(=O)N2)cc1. The normalized spacial score (nSPS) is 19.5. The van der Waals surface area contributed by atoms with E-state index in [0.29, 0.717) is 12.3 Å². The Balaban J connectivity index is 2.06. The van der Waals surface area contributed by atoms with Gasteiger partial charge in [0.1, 0.15) is 0 Å². The van der Waals surface area contributed by atoms with Gasteiger partial charge in [0.15, 0.2) is 0 Å². The van der Waals surface area contributed by atoms with Gasteiger partial charge < -0.3 is 10.2 Å². The third-order valence-electron chi connectivity index (χ3n) is 3.15. The van der Waals surface area contributed by atoms with E-state index in [1.807, 2.05) is 4.90 Å². The number of aryl methyl sites for hydroxylation is 1. The second kappa shape index (κ2) is 5.45. The molecule has 3 nitrogen and oxygen atoms in total. The molecule has 92 valence electrons. The Kier molecular flexibility index (Phi) is 3.94. The minimum atomic E-state index is 0.0172. The van der Waals surface area contributed by atoms with E-state index in [1.54, 1.807) is 0 Å². The van der Waals surface area contributed by atoms with Crippen molar-refractivity contribution in [2.45, 2.75) is 19.4 Å². The highest BCUT2D eigenvalue weighted by molar-refractivity contribution is 7.80. The number of urea groups is 1. The van der Waals surface area contributed by atoms with E-state index in [-0.39, 0.29) is 12.1 Å². The quantitative estimate of drug-likeness (QED) is 0.789. The highest BCUT2D eigenvalue weighted by Crippen LogP contribution is 2.20. The molecular weight excluding hydrogens is 232 g/mol. The molecule has 0 radical (unpaired) electrons. The lowest BCUT2D eigenvalue weighted by Crippen LogP contribution is -2.29. The highest BCUT2D eigenvalue weighted by Gasteiger charge is 2.28. The smallest absolute Gasteiger partial charge is 0.318 e. The lowest BCUT2D eigenvalue weighted by molar-refractivity contribution is 0.220. The van der Waals surface area contributed by atoms with Crippen LogP contribution in [0.5, 0.6) is 0 Å². The predicted molar refractivity (Wildman–Crippen MR) is 72.5 cm³/mol. The van der Waals surface area contributed by atoms with Crippen LogP contribution in [0.1, 0.15) is 24.1 Å². The molecule has 0 spiro atoms. The number of carbonyl (C=O) groups excluding carboxylic acids is 1. The second-order valence-corrected chi connectivity index (χ2v) is 4.71. The molecule has 1 saturated heterocycles. The van der Waals surface area contributed by atoms with Crippen molar-refractivity contribution >= 4 is 18.7 Å². The van der Waals surface area contributed by atoms with Crippen molar-refractivity contribution < 1.29 is 4.79 Å². The first-order chi connectivity index (χ1) is 8.24. The number of carbonyl (C=O) groups is 1. The van der Waals surface area contributed by atoms with Crippen molar-refractivity contribution in [3.8, 4) is 0 Å². The molecule has 1 aliphatic rings. The monoisotopic (exact) mass is 250 g/mol. The fraction of sp³-hybridized carbons (Fsp3) is 0.462. The topological polar surface area (TPSA) is 32.3 Å². The minimum absolute atomic E-state index is 0.0172. The number of thiol groups is 1. The average molecular weight is 250 g/mol. The molecule has 1 aromatic carbocycles. The maximum atomic E-state index is 11.7. The molecule has 4 heteroatoms. The van der Waals surface area contributed by atoms with Gasteiger partial charge in [0.25, 0.3) is 0 Å². The van der Waals surface area contributed by atoms with Crippen LogP contribution in [0.25, 0.3) is 0 Å². The van der Waals surface area contributed by atoms with Crippen LogP contribution in [0.3, 0.4) is 0 Å². The first kappa shape index (κ1) is 12.3. The van der Waals surface area contributed by atoms with E-state index in [2.05, 4.69) is 49.1 Å². The van der Waals surface area contributed by atoms with Gasteiger partial charge in [0.05, 0.1) is 6.04 Å². The van der Waals surface area contributed by atoms with E-state index in [9.17, 15) is 4.79 Å². The van der Waals surface area contributed by atoms with Gasteiger partial charge in [-0.15, -0.1) is 0 Å². The first-order valence-corrected chi connectivity index (χ1v) is 6.63. The van der Waals surface area contributed by atoms with Crippen LogP contribution in [0.15, 0.2) is 24.3 Å². The largest absolute Gasteiger partial charge is 0.329 e. The van der Waals surface area contributed by atoms with Gasteiger partial charge >= 0.3 is 6.03 Å². The van der Waals surface area contributed by atoms with Crippen molar-refractivity contribution in [3.63, 3.8) is 0 Å². The average Bonchev–Trinajstić information content (AvgIpc) is 2.72. The Labute approximate surface area is 108 Å². The summed E-state index contributed by atoms with van der Waals surface area (Å²) in [6.07, 6.45) is 1.04. The van der Waals surface area contributed by atoms with Crippen molar-refractivity contribution in [1.29, 1.82) is 0 Å². The molecule has 1 unspecified atom stereocenters. The molecule has 0 aromatic heterocycles.